The maximum absolute atomic E-state index is 14.2. The van der Waals surface area contributed by atoms with Crippen LogP contribution in [0.3, 0.4) is 0 Å². The van der Waals surface area contributed by atoms with Crippen molar-refractivity contribution in [3.05, 3.63) is 93.2 Å². The van der Waals surface area contributed by atoms with Crippen molar-refractivity contribution in [1.82, 2.24) is 9.80 Å². The quantitative estimate of drug-likeness (QED) is 0.455. The van der Waals surface area contributed by atoms with Crippen LogP contribution in [-0.4, -0.2) is 34.2 Å². The number of benzene rings is 2. The van der Waals surface area contributed by atoms with Crippen LogP contribution in [0.1, 0.15) is 40.2 Å². The van der Waals surface area contributed by atoms with Crippen molar-refractivity contribution in [1.29, 1.82) is 0 Å². The maximum Gasteiger partial charge on any atom is 0.257 e. The molecule has 2 amide bonds. The van der Waals surface area contributed by atoms with Crippen molar-refractivity contribution in [2.75, 3.05) is 6.54 Å². The van der Waals surface area contributed by atoms with E-state index in [2.05, 4.69) is 0 Å². The highest BCUT2D eigenvalue weighted by molar-refractivity contribution is 7.10. The number of aryl methyl sites for hydroxylation is 1. The smallest absolute Gasteiger partial charge is 0.257 e. The zero-order chi connectivity index (χ0) is 23.3. The summed E-state index contributed by atoms with van der Waals surface area (Å²) in [4.78, 5) is 30.4. The van der Waals surface area contributed by atoms with E-state index < -0.39 is 11.7 Å². The molecule has 0 radical (unpaired) electrons. The van der Waals surface area contributed by atoms with E-state index in [-0.39, 0.29) is 36.4 Å². The molecule has 0 aliphatic heterocycles. The molecule has 168 valence electrons. The summed E-state index contributed by atoms with van der Waals surface area (Å²) in [5.41, 5.74) is 1.80. The zero-order valence-corrected chi connectivity index (χ0v) is 19.2. The van der Waals surface area contributed by atoms with Gasteiger partial charge in [0, 0.05) is 17.5 Å². The van der Waals surface area contributed by atoms with Crippen molar-refractivity contribution in [2.24, 2.45) is 0 Å². The number of carbonyl (C=O) groups excluding carboxylic acids is 2. The molecule has 3 aromatic rings. The molecular formula is C25H26F2N2O2S. The summed E-state index contributed by atoms with van der Waals surface area (Å²) in [7, 11) is 0. The van der Waals surface area contributed by atoms with E-state index in [9.17, 15) is 18.4 Å². The summed E-state index contributed by atoms with van der Waals surface area (Å²) in [6, 6.07) is 13.4. The standard InChI is InChI=1S/C25H26F2N2O2S/c1-17(2)29(25(31)21-6-4-5-7-22(21)27)16-24(30)28(15-23-18(3)12-13-32-23)14-19-8-10-20(26)11-9-19/h4-13,17H,14-16H2,1-3H3. The molecule has 0 spiro atoms. The predicted molar refractivity (Wildman–Crippen MR) is 122 cm³/mol. The van der Waals surface area contributed by atoms with Gasteiger partial charge in [0.2, 0.25) is 5.91 Å². The molecule has 0 N–H and O–H groups in total. The lowest BCUT2D eigenvalue weighted by Gasteiger charge is -2.30. The highest BCUT2D eigenvalue weighted by Gasteiger charge is 2.26. The Balaban J connectivity index is 1.84. The molecule has 3 rings (SSSR count). The average molecular weight is 457 g/mol. The minimum absolute atomic E-state index is 0.0619. The Hall–Kier alpha value is -3.06. The molecular weight excluding hydrogens is 430 g/mol. The third-order valence-corrected chi connectivity index (χ3v) is 6.24. The van der Waals surface area contributed by atoms with Crippen LogP contribution in [-0.2, 0) is 17.9 Å². The maximum atomic E-state index is 14.2. The topological polar surface area (TPSA) is 40.6 Å². The second-order valence-corrected chi connectivity index (χ2v) is 8.91. The van der Waals surface area contributed by atoms with Gasteiger partial charge in [-0.15, -0.1) is 11.3 Å². The number of hydrogen-bond donors (Lipinski definition) is 0. The SMILES string of the molecule is Cc1ccsc1CN(Cc1ccc(F)cc1)C(=O)CN(C(=O)c1ccccc1F)C(C)C. The molecule has 7 heteroatoms. The third kappa shape index (κ3) is 5.79. The molecule has 2 aromatic carbocycles. The Morgan fingerprint density at radius 2 is 1.66 bits per heavy atom. The van der Waals surface area contributed by atoms with Gasteiger partial charge in [-0.25, -0.2) is 8.78 Å². The third-order valence-electron chi connectivity index (χ3n) is 5.24. The van der Waals surface area contributed by atoms with E-state index in [1.165, 1.54) is 35.2 Å². The van der Waals surface area contributed by atoms with E-state index >= 15 is 0 Å². The van der Waals surface area contributed by atoms with Gasteiger partial charge in [-0.3, -0.25) is 9.59 Å². The van der Waals surface area contributed by atoms with Crippen molar-refractivity contribution >= 4 is 23.2 Å². The fourth-order valence-corrected chi connectivity index (χ4v) is 4.23. The van der Waals surface area contributed by atoms with E-state index in [0.717, 1.165) is 16.0 Å². The van der Waals surface area contributed by atoms with Crippen LogP contribution in [0.2, 0.25) is 0 Å². The summed E-state index contributed by atoms with van der Waals surface area (Å²) in [5.74, 6) is -1.75. The first-order chi connectivity index (χ1) is 15.3. The number of rotatable bonds is 8. The summed E-state index contributed by atoms with van der Waals surface area (Å²) in [6.07, 6.45) is 0. The minimum Gasteiger partial charge on any atom is -0.332 e. The lowest BCUT2D eigenvalue weighted by molar-refractivity contribution is -0.133. The fourth-order valence-electron chi connectivity index (χ4n) is 3.31. The molecule has 0 saturated carbocycles. The Kier molecular flexibility index (Phi) is 7.75. The molecule has 0 unspecified atom stereocenters. The summed E-state index contributed by atoms with van der Waals surface area (Å²) < 4.78 is 27.5. The van der Waals surface area contributed by atoms with Gasteiger partial charge < -0.3 is 9.80 Å². The molecule has 4 nitrogen and oxygen atoms in total. The van der Waals surface area contributed by atoms with Crippen LogP contribution >= 0.6 is 11.3 Å². The Labute approximate surface area is 191 Å². The first kappa shape index (κ1) is 23.6. The predicted octanol–water partition coefficient (Wildman–Crippen LogP) is 5.41. The number of nitrogens with zero attached hydrogens (tertiary/aromatic N) is 2. The van der Waals surface area contributed by atoms with Gasteiger partial charge in [0.05, 0.1) is 12.1 Å². The molecule has 0 fully saturated rings. The summed E-state index contributed by atoms with van der Waals surface area (Å²) in [5, 5.41) is 1.97. The summed E-state index contributed by atoms with van der Waals surface area (Å²) in [6.45, 7) is 6.03. The van der Waals surface area contributed by atoms with Gasteiger partial charge in [-0.05, 0) is 67.6 Å². The van der Waals surface area contributed by atoms with Gasteiger partial charge in [0.25, 0.3) is 5.91 Å². The molecule has 32 heavy (non-hydrogen) atoms. The number of halogens is 2. The highest BCUT2D eigenvalue weighted by atomic mass is 32.1. The minimum atomic E-state index is -0.618. The average Bonchev–Trinajstić information content (AvgIpc) is 3.17. The lowest BCUT2D eigenvalue weighted by atomic mass is 10.1. The van der Waals surface area contributed by atoms with E-state index in [0.29, 0.717) is 6.54 Å². The second kappa shape index (κ2) is 10.5. The monoisotopic (exact) mass is 456 g/mol. The lowest BCUT2D eigenvalue weighted by Crippen LogP contribution is -2.45. The van der Waals surface area contributed by atoms with Crippen molar-refractivity contribution in [3.63, 3.8) is 0 Å². The first-order valence-corrected chi connectivity index (χ1v) is 11.2. The Morgan fingerprint density at radius 1 is 0.969 bits per heavy atom. The van der Waals surface area contributed by atoms with Gasteiger partial charge in [-0.2, -0.15) is 0 Å². The Bertz CT molecular complexity index is 1080. The van der Waals surface area contributed by atoms with Crippen LogP contribution in [0.5, 0.6) is 0 Å². The molecule has 0 bridgehead atoms. The van der Waals surface area contributed by atoms with Crippen LogP contribution in [0.15, 0.2) is 60.0 Å². The van der Waals surface area contributed by atoms with Gasteiger partial charge >= 0.3 is 0 Å². The molecule has 1 aromatic heterocycles. The number of hydrogen-bond acceptors (Lipinski definition) is 3. The largest absolute Gasteiger partial charge is 0.332 e. The molecule has 1 heterocycles. The highest BCUT2D eigenvalue weighted by Crippen LogP contribution is 2.20. The summed E-state index contributed by atoms with van der Waals surface area (Å²) >= 11 is 1.55. The van der Waals surface area contributed by atoms with Gasteiger partial charge in [-0.1, -0.05) is 24.3 Å². The molecule has 0 saturated heterocycles. The Morgan fingerprint density at radius 3 is 2.25 bits per heavy atom. The van der Waals surface area contributed by atoms with Gasteiger partial charge in [0.15, 0.2) is 0 Å². The van der Waals surface area contributed by atoms with Crippen molar-refractivity contribution in [2.45, 2.75) is 39.9 Å². The zero-order valence-electron chi connectivity index (χ0n) is 18.3. The van der Waals surface area contributed by atoms with Crippen LogP contribution in [0, 0.1) is 18.6 Å². The van der Waals surface area contributed by atoms with E-state index in [4.69, 9.17) is 0 Å². The van der Waals surface area contributed by atoms with Gasteiger partial charge in [0.1, 0.15) is 18.2 Å². The van der Waals surface area contributed by atoms with Crippen molar-refractivity contribution in [3.8, 4) is 0 Å². The van der Waals surface area contributed by atoms with Crippen LogP contribution < -0.4 is 0 Å². The fraction of sp³-hybridized carbons (Fsp3) is 0.280. The van der Waals surface area contributed by atoms with Crippen LogP contribution in [0.4, 0.5) is 8.78 Å². The number of thiophene rings is 1. The molecule has 0 aliphatic rings. The van der Waals surface area contributed by atoms with E-state index in [1.807, 2.05) is 18.4 Å². The van der Waals surface area contributed by atoms with Crippen molar-refractivity contribution < 1.29 is 18.4 Å². The molecule has 0 atom stereocenters. The normalized spacial score (nSPS) is 10.9. The number of amides is 2. The second-order valence-electron chi connectivity index (χ2n) is 7.91. The first-order valence-electron chi connectivity index (χ1n) is 10.4. The van der Waals surface area contributed by atoms with E-state index in [1.54, 1.807) is 48.3 Å². The number of carbonyl (C=O) groups is 2. The molecule has 0 aliphatic carbocycles. The van der Waals surface area contributed by atoms with Crippen LogP contribution in [0.25, 0.3) is 0 Å².